The van der Waals surface area contributed by atoms with Gasteiger partial charge in [-0.3, -0.25) is 15.1 Å². The molecule has 1 amide bonds. The zero-order chi connectivity index (χ0) is 17.6. The first-order valence-corrected chi connectivity index (χ1v) is 7.85. The first-order valence-electron chi connectivity index (χ1n) is 7.85. The molecule has 7 heteroatoms. The van der Waals surface area contributed by atoms with Crippen molar-refractivity contribution in [3.8, 4) is 5.75 Å². The van der Waals surface area contributed by atoms with Gasteiger partial charge in [-0.05, 0) is 43.2 Å². The third-order valence-corrected chi connectivity index (χ3v) is 3.88. The summed E-state index contributed by atoms with van der Waals surface area (Å²) in [5.74, 6) is 0.258. The summed E-state index contributed by atoms with van der Waals surface area (Å²) in [4.78, 5) is 12.8. The Kier molecular flexibility index (Phi) is 5.03. The van der Waals surface area contributed by atoms with E-state index < -0.39 is 5.92 Å². The summed E-state index contributed by atoms with van der Waals surface area (Å²) in [5, 5.41) is 17.6. The van der Waals surface area contributed by atoms with E-state index in [1.807, 2.05) is 31.2 Å². The number of tetrazole rings is 1. The minimum atomic E-state index is -0.570. The number of hydrogen-bond donors (Lipinski definition) is 1. The van der Waals surface area contributed by atoms with Crippen molar-refractivity contribution in [2.24, 2.45) is 0 Å². The van der Waals surface area contributed by atoms with E-state index in [0.29, 0.717) is 17.9 Å². The van der Waals surface area contributed by atoms with E-state index in [2.05, 4.69) is 25.9 Å². The van der Waals surface area contributed by atoms with Crippen LogP contribution < -0.4 is 15.2 Å². The van der Waals surface area contributed by atoms with Gasteiger partial charge in [0.2, 0.25) is 5.91 Å². The molecule has 3 rings (SSSR count). The van der Waals surface area contributed by atoms with Crippen molar-refractivity contribution < 1.29 is 9.53 Å². The maximum Gasteiger partial charge on any atom is 0.232 e. The Hall–Kier alpha value is -3.22. The topological polar surface area (TPSA) is 91.1 Å². The standard InChI is InChI=1S/C18H19N5O2/c1-12-3-5-13(6-4-12)11-16(17-20-22-23-21-17)18(24)19-14-7-9-15(25-2)10-8-14/h3-10,16H,11H2,1-2H3,(H2,19,20,21,22,23,24)/p-1/t16-/m1/s1. The number of anilines is 1. The van der Waals surface area contributed by atoms with Gasteiger partial charge in [-0.1, -0.05) is 29.8 Å². The number of carbonyl (C=O) groups excluding carboxylic acids is 1. The fourth-order valence-electron chi connectivity index (χ4n) is 2.46. The number of carbonyl (C=O) groups is 1. The molecule has 0 aliphatic carbocycles. The zero-order valence-electron chi connectivity index (χ0n) is 14.0. The summed E-state index contributed by atoms with van der Waals surface area (Å²) in [6.45, 7) is 2.02. The second-order valence-corrected chi connectivity index (χ2v) is 5.70. The van der Waals surface area contributed by atoms with Gasteiger partial charge in [-0.25, -0.2) is 0 Å². The Morgan fingerprint density at radius 3 is 2.48 bits per heavy atom. The first-order chi connectivity index (χ1) is 12.2. The number of nitrogens with one attached hydrogen (secondary N) is 1. The summed E-state index contributed by atoms with van der Waals surface area (Å²) in [5.41, 5.74) is 2.85. The molecule has 0 fully saturated rings. The Morgan fingerprint density at radius 1 is 1.16 bits per heavy atom. The van der Waals surface area contributed by atoms with Gasteiger partial charge in [0.15, 0.2) is 0 Å². The van der Waals surface area contributed by atoms with Crippen molar-refractivity contribution >= 4 is 11.6 Å². The van der Waals surface area contributed by atoms with Crippen LogP contribution in [0.2, 0.25) is 0 Å². The highest BCUT2D eigenvalue weighted by Gasteiger charge is 2.21. The summed E-state index contributed by atoms with van der Waals surface area (Å²) in [7, 11) is 1.60. The largest absolute Gasteiger partial charge is 0.497 e. The predicted octanol–water partition coefficient (Wildman–Crippen LogP) is 2.11. The third-order valence-electron chi connectivity index (χ3n) is 3.88. The summed E-state index contributed by atoms with van der Waals surface area (Å²) in [6, 6.07) is 15.1. The van der Waals surface area contributed by atoms with Crippen LogP contribution in [0.25, 0.3) is 0 Å². The molecule has 0 unspecified atom stereocenters. The van der Waals surface area contributed by atoms with Gasteiger partial charge in [0.05, 0.1) is 13.0 Å². The molecule has 1 aromatic heterocycles. The Morgan fingerprint density at radius 2 is 1.88 bits per heavy atom. The lowest BCUT2D eigenvalue weighted by Crippen LogP contribution is -2.24. The summed E-state index contributed by atoms with van der Waals surface area (Å²) < 4.78 is 5.12. The number of amides is 1. The molecule has 0 radical (unpaired) electrons. The lowest BCUT2D eigenvalue weighted by molar-refractivity contribution is -0.117. The van der Waals surface area contributed by atoms with Crippen LogP contribution in [0.5, 0.6) is 5.75 Å². The van der Waals surface area contributed by atoms with Crippen LogP contribution in [-0.4, -0.2) is 28.5 Å². The van der Waals surface area contributed by atoms with E-state index in [9.17, 15) is 4.79 Å². The lowest BCUT2D eigenvalue weighted by Gasteiger charge is -2.17. The number of methoxy groups -OCH3 is 1. The van der Waals surface area contributed by atoms with E-state index in [1.54, 1.807) is 31.4 Å². The predicted molar refractivity (Wildman–Crippen MR) is 92.4 cm³/mol. The molecule has 3 aromatic rings. The monoisotopic (exact) mass is 336 g/mol. The molecule has 1 heterocycles. The van der Waals surface area contributed by atoms with Gasteiger partial charge >= 0.3 is 0 Å². The Balaban J connectivity index is 1.78. The number of ether oxygens (including phenoxy) is 1. The number of rotatable bonds is 6. The second-order valence-electron chi connectivity index (χ2n) is 5.70. The van der Waals surface area contributed by atoms with Crippen molar-refractivity contribution in [3.63, 3.8) is 0 Å². The summed E-state index contributed by atoms with van der Waals surface area (Å²) >= 11 is 0. The highest BCUT2D eigenvalue weighted by Crippen LogP contribution is 2.21. The van der Waals surface area contributed by atoms with Crippen molar-refractivity contribution in [2.75, 3.05) is 12.4 Å². The number of aromatic nitrogens is 4. The normalized spacial score (nSPS) is 11.8. The van der Waals surface area contributed by atoms with Gasteiger partial charge in [0, 0.05) is 11.5 Å². The Labute approximate surface area is 145 Å². The average Bonchev–Trinajstić information content (AvgIpc) is 3.16. The fourth-order valence-corrected chi connectivity index (χ4v) is 2.46. The van der Waals surface area contributed by atoms with Crippen LogP contribution >= 0.6 is 0 Å². The maximum absolute atomic E-state index is 12.8. The van der Waals surface area contributed by atoms with Crippen molar-refractivity contribution in [2.45, 2.75) is 19.3 Å². The maximum atomic E-state index is 12.8. The zero-order valence-corrected chi connectivity index (χ0v) is 14.0. The number of nitrogens with zero attached hydrogens (tertiary/aromatic N) is 4. The molecular weight excluding hydrogens is 318 g/mol. The molecule has 0 bridgehead atoms. The van der Waals surface area contributed by atoms with E-state index in [1.165, 1.54) is 0 Å². The van der Waals surface area contributed by atoms with Crippen LogP contribution in [-0.2, 0) is 11.2 Å². The molecule has 0 aliphatic rings. The van der Waals surface area contributed by atoms with Gasteiger partial charge in [-0.2, -0.15) is 5.21 Å². The lowest BCUT2D eigenvalue weighted by atomic mass is 9.97. The molecule has 0 saturated heterocycles. The van der Waals surface area contributed by atoms with Crippen LogP contribution in [0, 0.1) is 6.92 Å². The van der Waals surface area contributed by atoms with Gasteiger partial charge in [-0.15, -0.1) is 0 Å². The number of hydrogen-bond acceptors (Lipinski definition) is 5. The van der Waals surface area contributed by atoms with Crippen molar-refractivity contribution in [1.29, 1.82) is 0 Å². The highest BCUT2D eigenvalue weighted by atomic mass is 16.5. The molecular formula is C18H18N5O2-. The van der Waals surface area contributed by atoms with E-state index in [4.69, 9.17) is 4.74 Å². The van der Waals surface area contributed by atoms with Gasteiger partial charge < -0.3 is 15.2 Å². The van der Waals surface area contributed by atoms with E-state index in [-0.39, 0.29) is 5.91 Å². The van der Waals surface area contributed by atoms with Crippen LogP contribution in [0.4, 0.5) is 5.69 Å². The van der Waals surface area contributed by atoms with Gasteiger partial charge in [0.1, 0.15) is 5.75 Å². The summed E-state index contributed by atoms with van der Waals surface area (Å²) in [6.07, 6.45) is 0.468. The quantitative estimate of drug-likeness (QED) is 0.741. The molecule has 0 aliphatic heterocycles. The fraction of sp³-hybridized carbons (Fsp3) is 0.222. The smallest absolute Gasteiger partial charge is 0.232 e. The molecule has 128 valence electrons. The third kappa shape index (κ3) is 4.20. The number of benzene rings is 2. The van der Waals surface area contributed by atoms with Crippen LogP contribution in [0.1, 0.15) is 22.9 Å². The van der Waals surface area contributed by atoms with Crippen molar-refractivity contribution in [3.05, 3.63) is 65.5 Å². The van der Waals surface area contributed by atoms with Crippen LogP contribution in [0.3, 0.4) is 0 Å². The van der Waals surface area contributed by atoms with Gasteiger partial charge in [0.25, 0.3) is 0 Å². The highest BCUT2D eigenvalue weighted by molar-refractivity contribution is 5.95. The Bertz CT molecular complexity index is 814. The minimum Gasteiger partial charge on any atom is -0.497 e. The number of aryl methyl sites for hydroxylation is 1. The molecule has 0 saturated carbocycles. The van der Waals surface area contributed by atoms with E-state index in [0.717, 1.165) is 16.9 Å². The average molecular weight is 336 g/mol. The molecule has 0 spiro atoms. The molecule has 1 N–H and O–H groups in total. The molecule has 25 heavy (non-hydrogen) atoms. The van der Waals surface area contributed by atoms with Crippen molar-refractivity contribution in [1.82, 2.24) is 20.6 Å². The molecule has 7 nitrogen and oxygen atoms in total. The second kappa shape index (κ2) is 7.57. The van der Waals surface area contributed by atoms with E-state index >= 15 is 0 Å². The van der Waals surface area contributed by atoms with Crippen LogP contribution in [0.15, 0.2) is 48.5 Å². The minimum absolute atomic E-state index is 0.208. The molecule has 1 atom stereocenters. The SMILES string of the molecule is COc1ccc(NC(=O)[C@H](Cc2ccc(C)cc2)c2nnn[n-]2)cc1. The molecule has 2 aromatic carbocycles. The first kappa shape index (κ1) is 16.6.